The molecule has 2 heterocycles. The van der Waals surface area contributed by atoms with Gasteiger partial charge in [0.2, 0.25) is 5.91 Å². The molecule has 1 amide bonds. The summed E-state index contributed by atoms with van der Waals surface area (Å²) in [6.45, 7) is 1.86. The van der Waals surface area contributed by atoms with Crippen LogP contribution in [0.25, 0.3) is 0 Å². The van der Waals surface area contributed by atoms with E-state index in [4.69, 9.17) is 11.6 Å². The first-order chi connectivity index (χ1) is 9.56. The van der Waals surface area contributed by atoms with E-state index in [1.807, 2.05) is 13.0 Å². The zero-order valence-electron chi connectivity index (χ0n) is 10.9. The smallest absolute Gasteiger partial charge is 0.225 e. The van der Waals surface area contributed by atoms with Crippen LogP contribution in [-0.2, 0) is 4.79 Å². The van der Waals surface area contributed by atoms with Gasteiger partial charge in [0.25, 0.3) is 0 Å². The lowest BCUT2D eigenvalue weighted by molar-refractivity contribution is -0.116. The zero-order chi connectivity index (χ0) is 14.5. The molecule has 0 atom stereocenters. The van der Waals surface area contributed by atoms with Crippen LogP contribution in [0.5, 0.6) is 0 Å². The number of anilines is 1. The fraction of sp³-hybridized carbons (Fsp3) is 0.214. The van der Waals surface area contributed by atoms with Crippen LogP contribution in [0.3, 0.4) is 0 Å². The van der Waals surface area contributed by atoms with E-state index in [1.165, 1.54) is 11.3 Å². The highest BCUT2D eigenvalue weighted by Crippen LogP contribution is 2.23. The average Bonchev–Trinajstić information content (AvgIpc) is 2.85. The Hall–Kier alpha value is -1.72. The first kappa shape index (κ1) is 14.7. The van der Waals surface area contributed by atoms with Gasteiger partial charge in [-0.1, -0.05) is 17.7 Å². The molecule has 0 saturated carbocycles. The molecule has 0 saturated heterocycles. The molecule has 6 heteroatoms. The van der Waals surface area contributed by atoms with Crippen molar-refractivity contribution in [3.63, 3.8) is 0 Å². The highest BCUT2D eigenvalue weighted by atomic mass is 35.5. The first-order valence-corrected chi connectivity index (χ1v) is 7.25. The van der Waals surface area contributed by atoms with Gasteiger partial charge in [0, 0.05) is 19.0 Å². The standard InChI is InChI=1S/C14H13ClN2O2S/c1-9-3-2-8-16-14(9)17-13(19)7-4-10(18)11-5-6-12(15)20-11/h2-3,5-6,8H,4,7H2,1H3,(H,16,17,19). The number of nitrogens with one attached hydrogen (secondary N) is 1. The second kappa shape index (κ2) is 6.63. The van der Waals surface area contributed by atoms with Gasteiger partial charge in [-0.25, -0.2) is 4.98 Å². The molecule has 0 aliphatic rings. The topological polar surface area (TPSA) is 59.1 Å². The van der Waals surface area contributed by atoms with Crippen LogP contribution in [0.4, 0.5) is 5.82 Å². The Bertz CT molecular complexity index is 640. The van der Waals surface area contributed by atoms with Crippen LogP contribution >= 0.6 is 22.9 Å². The third-order valence-corrected chi connectivity index (χ3v) is 3.97. The van der Waals surface area contributed by atoms with E-state index in [-0.39, 0.29) is 24.5 Å². The Kier molecular flexibility index (Phi) is 4.87. The van der Waals surface area contributed by atoms with Gasteiger partial charge in [0.15, 0.2) is 5.78 Å². The molecule has 0 aromatic carbocycles. The van der Waals surface area contributed by atoms with E-state index in [2.05, 4.69) is 10.3 Å². The highest BCUT2D eigenvalue weighted by Gasteiger charge is 2.12. The van der Waals surface area contributed by atoms with Crippen LogP contribution in [0.2, 0.25) is 4.34 Å². The second-order valence-electron chi connectivity index (χ2n) is 4.24. The van der Waals surface area contributed by atoms with Crippen LogP contribution < -0.4 is 5.32 Å². The third kappa shape index (κ3) is 3.88. The lowest BCUT2D eigenvalue weighted by atomic mass is 10.2. The number of carbonyl (C=O) groups excluding carboxylic acids is 2. The summed E-state index contributed by atoms with van der Waals surface area (Å²) in [5.41, 5.74) is 0.886. The molecule has 104 valence electrons. The molecule has 0 radical (unpaired) electrons. The van der Waals surface area contributed by atoms with E-state index in [9.17, 15) is 9.59 Å². The average molecular weight is 309 g/mol. The zero-order valence-corrected chi connectivity index (χ0v) is 12.4. The van der Waals surface area contributed by atoms with Crippen molar-refractivity contribution in [2.75, 3.05) is 5.32 Å². The lowest BCUT2D eigenvalue weighted by Gasteiger charge is -2.06. The number of rotatable bonds is 5. The molecule has 0 bridgehead atoms. The summed E-state index contributed by atoms with van der Waals surface area (Å²) in [5, 5.41) is 2.70. The van der Waals surface area contributed by atoms with Gasteiger partial charge in [-0.15, -0.1) is 11.3 Å². The number of pyridine rings is 1. The Morgan fingerprint density at radius 1 is 1.30 bits per heavy atom. The summed E-state index contributed by atoms with van der Waals surface area (Å²) in [6.07, 6.45) is 1.90. The molecule has 0 spiro atoms. The molecule has 2 rings (SSSR count). The molecule has 0 unspecified atom stereocenters. The van der Waals surface area contributed by atoms with Crippen molar-refractivity contribution in [1.29, 1.82) is 0 Å². The number of aryl methyl sites for hydroxylation is 1. The highest BCUT2D eigenvalue weighted by molar-refractivity contribution is 7.18. The quantitative estimate of drug-likeness (QED) is 0.857. The Balaban J connectivity index is 1.87. The Morgan fingerprint density at radius 3 is 2.75 bits per heavy atom. The Labute approximate surface area is 125 Å². The van der Waals surface area contributed by atoms with E-state index in [0.29, 0.717) is 15.0 Å². The molecule has 2 aromatic heterocycles. The normalized spacial score (nSPS) is 10.3. The maximum Gasteiger partial charge on any atom is 0.225 e. The number of ketones is 1. The lowest BCUT2D eigenvalue weighted by Crippen LogP contribution is -2.14. The summed E-state index contributed by atoms with van der Waals surface area (Å²) in [4.78, 5) is 28.3. The van der Waals surface area contributed by atoms with Crippen molar-refractivity contribution in [2.24, 2.45) is 0 Å². The minimum Gasteiger partial charge on any atom is -0.310 e. The summed E-state index contributed by atoms with van der Waals surface area (Å²) in [6, 6.07) is 7.02. The van der Waals surface area contributed by atoms with Crippen molar-refractivity contribution in [3.8, 4) is 0 Å². The summed E-state index contributed by atoms with van der Waals surface area (Å²) < 4.78 is 0.571. The molecule has 0 aliphatic carbocycles. The number of nitrogens with zero attached hydrogens (tertiary/aromatic N) is 1. The number of Topliss-reactive ketones (excluding diaryl/α,β-unsaturated/α-hetero) is 1. The summed E-state index contributed by atoms with van der Waals surface area (Å²) in [7, 11) is 0. The first-order valence-electron chi connectivity index (χ1n) is 6.06. The van der Waals surface area contributed by atoms with Crippen molar-refractivity contribution in [3.05, 3.63) is 45.2 Å². The largest absolute Gasteiger partial charge is 0.310 e. The summed E-state index contributed by atoms with van der Waals surface area (Å²) >= 11 is 7.00. The molecule has 20 heavy (non-hydrogen) atoms. The van der Waals surface area contributed by atoms with E-state index in [0.717, 1.165) is 5.56 Å². The molecular weight excluding hydrogens is 296 g/mol. The van der Waals surface area contributed by atoms with Crippen molar-refractivity contribution >= 4 is 40.4 Å². The van der Waals surface area contributed by atoms with Gasteiger partial charge in [0.1, 0.15) is 5.82 Å². The predicted molar refractivity (Wildman–Crippen MR) is 80.5 cm³/mol. The number of carbonyl (C=O) groups is 2. The van der Waals surface area contributed by atoms with Gasteiger partial charge >= 0.3 is 0 Å². The number of hydrogen-bond donors (Lipinski definition) is 1. The van der Waals surface area contributed by atoms with Crippen LogP contribution in [0.1, 0.15) is 28.1 Å². The van der Waals surface area contributed by atoms with Crippen molar-refractivity contribution in [2.45, 2.75) is 19.8 Å². The van der Waals surface area contributed by atoms with Crippen LogP contribution in [0.15, 0.2) is 30.5 Å². The molecule has 0 fully saturated rings. The van der Waals surface area contributed by atoms with Gasteiger partial charge < -0.3 is 5.32 Å². The maximum absolute atomic E-state index is 11.8. The SMILES string of the molecule is Cc1cccnc1NC(=O)CCC(=O)c1ccc(Cl)s1. The van der Waals surface area contributed by atoms with Gasteiger partial charge in [-0.05, 0) is 30.7 Å². The van der Waals surface area contributed by atoms with Crippen molar-refractivity contribution in [1.82, 2.24) is 4.98 Å². The number of aromatic nitrogens is 1. The van der Waals surface area contributed by atoms with Gasteiger partial charge in [-0.2, -0.15) is 0 Å². The number of thiophene rings is 1. The molecular formula is C14H13ClN2O2S. The number of halogens is 1. The monoisotopic (exact) mass is 308 g/mol. The molecule has 2 aromatic rings. The predicted octanol–water partition coefficient (Wildman–Crippen LogP) is 3.71. The fourth-order valence-corrected chi connectivity index (χ4v) is 2.64. The van der Waals surface area contributed by atoms with Crippen LogP contribution in [-0.4, -0.2) is 16.7 Å². The Morgan fingerprint density at radius 2 is 2.10 bits per heavy atom. The second-order valence-corrected chi connectivity index (χ2v) is 5.96. The van der Waals surface area contributed by atoms with E-state index < -0.39 is 0 Å². The van der Waals surface area contributed by atoms with E-state index in [1.54, 1.807) is 24.4 Å². The van der Waals surface area contributed by atoms with E-state index >= 15 is 0 Å². The van der Waals surface area contributed by atoms with Crippen LogP contribution in [0, 0.1) is 6.92 Å². The number of hydrogen-bond acceptors (Lipinski definition) is 4. The minimum absolute atomic E-state index is 0.0743. The van der Waals surface area contributed by atoms with Gasteiger partial charge in [0.05, 0.1) is 9.21 Å². The minimum atomic E-state index is -0.220. The van der Waals surface area contributed by atoms with Crippen molar-refractivity contribution < 1.29 is 9.59 Å². The maximum atomic E-state index is 11.8. The molecule has 4 nitrogen and oxygen atoms in total. The fourth-order valence-electron chi connectivity index (χ4n) is 1.63. The summed E-state index contributed by atoms with van der Waals surface area (Å²) in [5.74, 6) is 0.238. The third-order valence-electron chi connectivity index (χ3n) is 2.69. The van der Waals surface area contributed by atoms with Gasteiger partial charge in [-0.3, -0.25) is 9.59 Å². The molecule has 0 aliphatic heterocycles. The molecule has 1 N–H and O–H groups in total. The number of amides is 1.